The molecule has 1 aliphatic heterocycles. The van der Waals surface area contributed by atoms with Crippen LogP contribution in [0, 0.1) is 0 Å². The molecule has 2 aromatic rings. The molecular formula is C21H26ClN3. The lowest BCUT2D eigenvalue weighted by atomic mass is 10.0. The number of benzene rings is 2. The number of piperazine rings is 1. The fraction of sp³-hybridized carbons (Fsp3) is 0.381. The molecule has 3 nitrogen and oxygen atoms in total. The van der Waals surface area contributed by atoms with Gasteiger partial charge in [-0.05, 0) is 44.0 Å². The Balaban J connectivity index is 1.94. The van der Waals surface area contributed by atoms with Crippen LogP contribution in [-0.2, 0) is 6.54 Å². The Morgan fingerprint density at radius 2 is 1.88 bits per heavy atom. The maximum Gasteiger partial charge on any atom is 0.122 e. The Kier molecular flexibility index (Phi) is 5.45. The predicted octanol–water partition coefficient (Wildman–Crippen LogP) is 4.68. The van der Waals surface area contributed by atoms with Crippen molar-refractivity contribution < 1.29 is 0 Å². The third-order valence-corrected chi connectivity index (χ3v) is 4.39. The van der Waals surface area contributed by atoms with Crippen LogP contribution in [0.25, 0.3) is 0 Å². The summed E-state index contributed by atoms with van der Waals surface area (Å²) in [4.78, 5) is 7.45. The largest absolute Gasteiger partial charge is 0.353 e. The fourth-order valence-corrected chi connectivity index (χ4v) is 3.35. The zero-order chi connectivity index (χ0) is 17.9. The van der Waals surface area contributed by atoms with Crippen molar-refractivity contribution in [3.63, 3.8) is 0 Å². The normalized spacial score (nSPS) is 20.1. The van der Waals surface area contributed by atoms with E-state index in [0.29, 0.717) is 0 Å². The van der Waals surface area contributed by atoms with E-state index in [1.54, 1.807) is 0 Å². The van der Waals surface area contributed by atoms with E-state index in [2.05, 4.69) is 67.4 Å². The number of amidine groups is 1. The molecule has 0 spiro atoms. The number of halogens is 1. The van der Waals surface area contributed by atoms with E-state index in [9.17, 15) is 0 Å². The Morgan fingerprint density at radius 3 is 2.56 bits per heavy atom. The minimum absolute atomic E-state index is 0.119. The lowest BCUT2D eigenvalue weighted by Crippen LogP contribution is -2.50. The number of rotatable bonds is 3. The van der Waals surface area contributed by atoms with Gasteiger partial charge in [-0.15, -0.1) is 0 Å². The highest BCUT2D eigenvalue weighted by atomic mass is 35.5. The molecule has 1 fully saturated rings. The summed E-state index contributed by atoms with van der Waals surface area (Å²) in [6, 6.07) is 18.8. The second kappa shape index (κ2) is 7.59. The van der Waals surface area contributed by atoms with Crippen LogP contribution in [-0.4, -0.2) is 29.4 Å². The lowest BCUT2D eigenvalue weighted by Gasteiger charge is -2.38. The highest BCUT2D eigenvalue weighted by molar-refractivity contribution is 6.30. The fourth-order valence-electron chi connectivity index (χ4n) is 3.14. The minimum Gasteiger partial charge on any atom is -0.353 e. The van der Waals surface area contributed by atoms with Gasteiger partial charge in [0.05, 0.1) is 11.6 Å². The monoisotopic (exact) mass is 355 g/mol. The number of hydrogen-bond acceptors (Lipinski definition) is 2. The van der Waals surface area contributed by atoms with E-state index < -0.39 is 0 Å². The molecular weight excluding hydrogens is 330 g/mol. The SMILES string of the molecule is CC(C)(C)/N=C1/C(c2ccccc2)NCCN1Cc1cccc(Cl)c1. The van der Waals surface area contributed by atoms with E-state index in [1.165, 1.54) is 11.1 Å². The van der Waals surface area contributed by atoms with Crippen LogP contribution in [0.3, 0.4) is 0 Å². The average Bonchev–Trinajstić information content (AvgIpc) is 2.56. The van der Waals surface area contributed by atoms with Crippen molar-refractivity contribution in [2.45, 2.75) is 38.9 Å². The van der Waals surface area contributed by atoms with Crippen molar-refractivity contribution in [2.75, 3.05) is 13.1 Å². The summed E-state index contributed by atoms with van der Waals surface area (Å²) < 4.78 is 0. The quantitative estimate of drug-likeness (QED) is 0.865. The molecule has 1 N–H and O–H groups in total. The van der Waals surface area contributed by atoms with Crippen molar-refractivity contribution >= 4 is 17.4 Å². The van der Waals surface area contributed by atoms with E-state index in [4.69, 9.17) is 16.6 Å². The molecule has 3 rings (SSSR count). The highest BCUT2D eigenvalue weighted by Crippen LogP contribution is 2.24. The van der Waals surface area contributed by atoms with Gasteiger partial charge >= 0.3 is 0 Å². The Morgan fingerprint density at radius 1 is 1.12 bits per heavy atom. The third-order valence-electron chi connectivity index (χ3n) is 4.16. The van der Waals surface area contributed by atoms with Gasteiger partial charge in [0.15, 0.2) is 0 Å². The number of aliphatic imine (C=N–C) groups is 1. The molecule has 1 aliphatic rings. The molecule has 0 radical (unpaired) electrons. The van der Waals surface area contributed by atoms with Crippen LogP contribution in [0.4, 0.5) is 0 Å². The van der Waals surface area contributed by atoms with E-state index in [1.807, 2.05) is 18.2 Å². The molecule has 1 heterocycles. The van der Waals surface area contributed by atoms with Crippen LogP contribution < -0.4 is 5.32 Å². The average molecular weight is 356 g/mol. The van der Waals surface area contributed by atoms with Gasteiger partial charge in [-0.3, -0.25) is 4.99 Å². The smallest absolute Gasteiger partial charge is 0.122 e. The van der Waals surface area contributed by atoms with Crippen molar-refractivity contribution in [3.8, 4) is 0 Å². The second-order valence-corrected chi connectivity index (χ2v) is 7.93. The van der Waals surface area contributed by atoms with Gasteiger partial charge in [-0.1, -0.05) is 54.1 Å². The summed E-state index contributed by atoms with van der Waals surface area (Å²) in [5, 5.41) is 4.42. The van der Waals surface area contributed by atoms with Gasteiger partial charge < -0.3 is 10.2 Å². The third kappa shape index (κ3) is 4.83. The molecule has 1 saturated heterocycles. The topological polar surface area (TPSA) is 27.6 Å². The number of hydrogen-bond donors (Lipinski definition) is 1. The van der Waals surface area contributed by atoms with Gasteiger partial charge in [0.1, 0.15) is 5.84 Å². The molecule has 1 atom stereocenters. The summed E-state index contributed by atoms with van der Waals surface area (Å²) >= 11 is 6.17. The molecule has 25 heavy (non-hydrogen) atoms. The standard InChI is InChI=1S/C21H26ClN3/c1-21(2,3)24-20-19(17-9-5-4-6-10-17)23-12-13-25(20)15-16-8-7-11-18(22)14-16/h4-11,14,19,23H,12-13,15H2,1-3H3/b24-20-. The Labute approximate surface area is 155 Å². The summed E-state index contributed by atoms with van der Waals surface area (Å²) in [6.07, 6.45) is 0. The predicted molar refractivity (Wildman–Crippen MR) is 106 cm³/mol. The molecule has 0 aromatic heterocycles. The van der Waals surface area contributed by atoms with Crippen LogP contribution in [0.15, 0.2) is 59.6 Å². The Bertz CT molecular complexity index is 734. The van der Waals surface area contributed by atoms with Crippen LogP contribution in [0.1, 0.15) is 37.9 Å². The summed E-state index contributed by atoms with van der Waals surface area (Å²) in [5.74, 6) is 1.10. The van der Waals surface area contributed by atoms with E-state index >= 15 is 0 Å². The first kappa shape index (κ1) is 18.0. The first-order chi connectivity index (χ1) is 11.9. The minimum atomic E-state index is -0.131. The molecule has 132 valence electrons. The van der Waals surface area contributed by atoms with Crippen molar-refractivity contribution in [2.24, 2.45) is 4.99 Å². The molecule has 0 amide bonds. The molecule has 0 aliphatic carbocycles. The van der Waals surface area contributed by atoms with Gasteiger partial charge in [0, 0.05) is 24.7 Å². The first-order valence-electron chi connectivity index (χ1n) is 8.80. The van der Waals surface area contributed by atoms with Gasteiger partial charge in [-0.2, -0.15) is 0 Å². The maximum absolute atomic E-state index is 6.17. The maximum atomic E-state index is 6.17. The molecule has 0 bridgehead atoms. The zero-order valence-electron chi connectivity index (χ0n) is 15.2. The van der Waals surface area contributed by atoms with Gasteiger partial charge in [-0.25, -0.2) is 0 Å². The van der Waals surface area contributed by atoms with Gasteiger partial charge in [0.25, 0.3) is 0 Å². The first-order valence-corrected chi connectivity index (χ1v) is 9.18. The van der Waals surface area contributed by atoms with E-state index in [-0.39, 0.29) is 11.6 Å². The van der Waals surface area contributed by atoms with E-state index in [0.717, 1.165) is 30.5 Å². The zero-order valence-corrected chi connectivity index (χ0v) is 15.9. The molecule has 1 unspecified atom stereocenters. The van der Waals surface area contributed by atoms with Crippen molar-refractivity contribution in [1.82, 2.24) is 10.2 Å². The second-order valence-electron chi connectivity index (χ2n) is 7.49. The number of nitrogens with zero attached hydrogens (tertiary/aromatic N) is 2. The summed E-state index contributed by atoms with van der Waals surface area (Å²) in [7, 11) is 0. The van der Waals surface area contributed by atoms with Gasteiger partial charge in [0.2, 0.25) is 0 Å². The Hall–Kier alpha value is -1.84. The highest BCUT2D eigenvalue weighted by Gasteiger charge is 2.29. The molecule has 0 saturated carbocycles. The number of nitrogens with one attached hydrogen (secondary N) is 1. The lowest BCUT2D eigenvalue weighted by molar-refractivity contribution is 0.337. The van der Waals surface area contributed by atoms with Crippen molar-refractivity contribution in [1.29, 1.82) is 0 Å². The van der Waals surface area contributed by atoms with Crippen LogP contribution in [0.5, 0.6) is 0 Å². The van der Waals surface area contributed by atoms with Crippen molar-refractivity contribution in [3.05, 3.63) is 70.7 Å². The van der Waals surface area contributed by atoms with Crippen LogP contribution in [0.2, 0.25) is 5.02 Å². The van der Waals surface area contributed by atoms with Crippen LogP contribution >= 0.6 is 11.6 Å². The summed E-state index contributed by atoms with van der Waals surface area (Å²) in [6.45, 7) is 9.13. The molecule has 2 aromatic carbocycles. The molecule has 4 heteroatoms. The summed E-state index contributed by atoms with van der Waals surface area (Å²) in [5.41, 5.74) is 2.33.